The monoisotopic (exact) mass is 805 g/mol. The van der Waals surface area contributed by atoms with Crippen LogP contribution < -0.4 is 0 Å². The van der Waals surface area contributed by atoms with Gasteiger partial charge in [0, 0.05) is 44.2 Å². The summed E-state index contributed by atoms with van der Waals surface area (Å²) in [5.74, 6) is 2.31. The highest BCUT2D eigenvalue weighted by Gasteiger charge is 2.22. The number of benzene rings is 8. The van der Waals surface area contributed by atoms with E-state index in [1.165, 1.54) is 0 Å². The van der Waals surface area contributed by atoms with Gasteiger partial charge < -0.3 is 4.57 Å². The normalized spacial score (nSPS) is 11.2. The molecule has 0 saturated carbocycles. The zero-order chi connectivity index (χ0) is 42.1. The number of hydrogen-bond donors (Lipinski definition) is 0. The molecule has 0 radical (unpaired) electrons. The Morgan fingerprint density at radius 1 is 0.333 bits per heavy atom. The zero-order valence-corrected chi connectivity index (χ0v) is 33.8. The molecule has 0 amide bonds. The number of nitrogens with zero attached hydrogens (tertiary/aromatic N) is 7. The second-order valence-electron chi connectivity index (χ2n) is 15.2. The summed E-state index contributed by atoms with van der Waals surface area (Å²) < 4.78 is 2.31. The van der Waals surface area contributed by atoms with E-state index in [0.717, 1.165) is 83.4 Å². The minimum Gasteiger partial charge on any atom is -0.309 e. The Balaban J connectivity index is 1.18. The van der Waals surface area contributed by atoms with E-state index < -0.39 is 0 Å². The molecule has 294 valence electrons. The molecule has 3 heterocycles. The van der Waals surface area contributed by atoms with Gasteiger partial charge in [-0.2, -0.15) is 5.26 Å². The van der Waals surface area contributed by atoms with Gasteiger partial charge in [-0.1, -0.05) is 164 Å². The van der Waals surface area contributed by atoms with Crippen LogP contribution in [0.2, 0.25) is 0 Å². The van der Waals surface area contributed by atoms with Crippen molar-refractivity contribution >= 4 is 21.8 Å². The number of rotatable bonds is 8. The van der Waals surface area contributed by atoms with Crippen LogP contribution in [0.15, 0.2) is 212 Å². The first kappa shape index (κ1) is 37.2. The van der Waals surface area contributed by atoms with Gasteiger partial charge in [0.25, 0.3) is 0 Å². The van der Waals surface area contributed by atoms with Crippen molar-refractivity contribution < 1.29 is 0 Å². The standard InChI is InChI=1S/C56H35N7/c57-36-37-25-27-38(28-26-37)43-29-31-51-46(33-43)45-23-13-14-24-50(45)63(51)52-32-30-44(49-35-48(39-15-5-1-6-16-39)58-53(59-49)40-17-7-2-8-18-40)34-47(52)56-61-54(41-19-9-3-10-20-41)60-55(62-56)42-21-11-4-12-22-42/h1-35H. The van der Waals surface area contributed by atoms with E-state index in [1.807, 2.05) is 133 Å². The van der Waals surface area contributed by atoms with E-state index in [-0.39, 0.29) is 0 Å². The molecule has 0 unspecified atom stereocenters. The fourth-order valence-corrected chi connectivity index (χ4v) is 8.22. The Labute approximate surface area is 364 Å². The largest absolute Gasteiger partial charge is 0.309 e. The van der Waals surface area contributed by atoms with E-state index >= 15 is 0 Å². The second kappa shape index (κ2) is 16.0. The highest BCUT2D eigenvalue weighted by Crippen LogP contribution is 2.40. The maximum absolute atomic E-state index is 9.45. The minimum absolute atomic E-state index is 0.528. The Bertz CT molecular complexity index is 3370. The van der Waals surface area contributed by atoms with E-state index in [0.29, 0.717) is 28.9 Å². The lowest BCUT2D eigenvalue weighted by molar-refractivity contribution is 1.06. The molecule has 0 saturated heterocycles. The number of aromatic nitrogens is 6. The van der Waals surface area contributed by atoms with E-state index in [4.69, 9.17) is 24.9 Å². The smallest absolute Gasteiger partial charge is 0.166 e. The third-order valence-electron chi connectivity index (χ3n) is 11.3. The first-order valence-electron chi connectivity index (χ1n) is 20.7. The van der Waals surface area contributed by atoms with Crippen LogP contribution in [0.25, 0.3) is 107 Å². The van der Waals surface area contributed by atoms with Crippen molar-refractivity contribution in [2.24, 2.45) is 0 Å². The number of nitriles is 1. The Kier molecular flexibility index (Phi) is 9.41. The van der Waals surface area contributed by atoms with Gasteiger partial charge in [-0.3, -0.25) is 0 Å². The van der Waals surface area contributed by atoms with Gasteiger partial charge in [0.05, 0.1) is 39.7 Å². The summed E-state index contributed by atoms with van der Waals surface area (Å²) in [6.07, 6.45) is 0. The molecule has 0 bridgehead atoms. The average molecular weight is 806 g/mol. The summed E-state index contributed by atoms with van der Waals surface area (Å²) in [7, 11) is 0. The van der Waals surface area contributed by atoms with Gasteiger partial charge >= 0.3 is 0 Å². The van der Waals surface area contributed by atoms with Gasteiger partial charge in [0.2, 0.25) is 0 Å². The summed E-state index contributed by atoms with van der Waals surface area (Å²) in [5, 5.41) is 11.7. The van der Waals surface area contributed by atoms with Crippen LogP contribution in [-0.4, -0.2) is 29.5 Å². The van der Waals surface area contributed by atoms with Crippen LogP contribution in [0, 0.1) is 11.3 Å². The average Bonchev–Trinajstić information content (AvgIpc) is 3.70. The molecule has 0 fully saturated rings. The molecule has 63 heavy (non-hydrogen) atoms. The molecule has 0 atom stereocenters. The molecule has 3 aromatic heterocycles. The van der Waals surface area contributed by atoms with Crippen LogP contribution in [0.1, 0.15) is 5.56 Å². The van der Waals surface area contributed by atoms with E-state index in [9.17, 15) is 5.26 Å². The van der Waals surface area contributed by atoms with Crippen LogP contribution in [-0.2, 0) is 0 Å². The molecule has 0 aliphatic carbocycles. The van der Waals surface area contributed by atoms with Gasteiger partial charge in [0.1, 0.15) is 0 Å². The fourth-order valence-electron chi connectivity index (χ4n) is 8.22. The molecular formula is C56H35N7. The van der Waals surface area contributed by atoms with Gasteiger partial charge in [0.15, 0.2) is 23.3 Å². The molecule has 0 aliphatic heterocycles. The molecule has 7 heteroatoms. The topological polar surface area (TPSA) is 93.2 Å². The fraction of sp³-hybridized carbons (Fsp3) is 0. The van der Waals surface area contributed by atoms with Crippen molar-refractivity contribution in [2.75, 3.05) is 0 Å². The summed E-state index contributed by atoms with van der Waals surface area (Å²) in [6.45, 7) is 0. The van der Waals surface area contributed by atoms with Gasteiger partial charge in [-0.25, -0.2) is 24.9 Å². The van der Waals surface area contributed by atoms with Crippen LogP contribution >= 0.6 is 0 Å². The zero-order valence-electron chi connectivity index (χ0n) is 33.8. The highest BCUT2D eigenvalue weighted by atomic mass is 15.1. The second-order valence-corrected chi connectivity index (χ2v) is 15.2. The Morgan fingerprint density at radius 3 is 1.41 bits per heavy atom. The first-order chi connectivity index (χ1) is 31.2. The highest BCUT2D eigenvalue weighted by molar-refractivity contribution is 6.11. The van der Waals surface area contributed by atoms with Crippen molar-refractivity contribution in [2.45, 2.75) is 0 Å². The number of fused-ring (bicyclic) bond motifs is 3. The van der Waals surface area contributed by atoms with Crippen LogP contribution in [0.3, 0.4) is 0 Å². The molecule has 11 rings (SSSR count). The molecule has 0 aliphatic rings. The maximum Gasteiger partial charge on any atom is 0.166 e. The van der Waals surface area contributed by atoms with Crippen molar-refractivity contribution in [3.8, 4) is 90.9 Å². The van der Waals surface area contributed by atoms with Gasteiger partial charge in [-0.05, 0) is 59.7 Å². The van der Waals surface area contributed by atoms with Crippen LogP contribution in [0.4, 0.5) is 0 Å². The molecule has 8 aromatic carbocycles. The van der Waals surface area contributed by atoms with E-state index in [1.54, 1.807) is 0 Å². The summed E-state index contributed by atoms with van der Waals surface area (Å²) in [5.41, 5.74) is 12.7. The number of para-hydroxylation sites is 1. The quantitative estimate of drug-likeness (QED) is 0.152. The lowest BCUT2D eigenvalue weighted by atomic mass is 10.0. The summed E-state index contributed by atoms with van der Waals surface area (Å²) >= 11 is 0. The van der Waals surface area contributed by atoms with Crippen LogP contribution in [0.5, 0.6) is 0 Å². The molecule has 0 spiro atoms. The predicted octanol–water partition coefficient (Wildman–Crippen LogP) is 13.3. The van der Waals surface area contributed by atoms with Crippen molar-refractivity contribution in [3.63, 3.8) is 0 Å². The first-order valence-corrected chi connectivity index (χ1v) is 20.7. The molecule has 11 aromatic rings. The molecule has 7 nitrogen and oxygen atoms in total. The minimum atomic E-state index is 0.528. The number of hydrogen-bond acceptors (Lipinski definition) is 6. The summed E-state index contributed by atoms with van der Waals surface area (Å²) in [4.78, 5) is 25.9. The van der Waals surface area contributed by atoms with Crippen molar-refractivity contribution in [3.05, 3.63) is 218 Å². The lowest BCUT2D eigenvalue weighted by Gasteiger charge is -2.17. The third kappa shape index (κ3) is 7.08. The van der Waals surface area contributed by atoms with Gasteiger partial charge in [-0.15, -0.1) is 0 Å². The maximum atomic E-state index is 9.45. The SMILES string of the molecule is N#Cc1ccc(-c2ccc3c(c2)c2ccccc2n3-c2ccc(-c3cc(-c4ccccc4)nc(-c4ccccc4)n3)cc2-c2nc(-c3ccccc3)nc(-c3ccccc3)n2)cc1. The lowest BCUT2D eigenvalue weighted by Crippen LogP contribution is -2.04. The Hall–Kier alpha value is -8.86. The Morgan fingerprint density at radius 2 is 0.810 bits per heavy atom. The van der Waals surface area contributed by atoms with Crippen molar-refractivity contribution in [1.29, 1.82) is 5.26 Å². The molecule has 0 N–H and O–H groups in total. The summed E-state index contributed by atoms with van der Waals surface area (Å²) in [6, 6.07) is 74.0. The third-order valence-corrected chi connectivity index (χ3v) is 11.3. The predicted molar refractivity (Wildman–Crippen MR) is 253 cm³/mol. The van der Waals surface area contributed by atoms with Crippen molar-refractivity contribution in [1.82, 2.24) is 29.5 Å². The molecular weight excluding hydrogens is 771 g/mol. The van der Waals surface area contributed by atoms with E-state index in [2.05, 4.69) is 89.5 Å².